The Morgan fingerprint density at radius 1 is 1.00 bits per heavy atom. The molecular formula is C25H40N4O2S. The summed E-state index contributed by atoms with van der Waals surface area (Å²) in [5, 5.41) is 3.10. The number of hydrogen-bond donors (Lipinski definition) is 1. The van der Waals surface area contributed by atoms with E-state index in [1.807, 2.05) is 37.5 Å². The second-order valence-corrected chi connectivity index (χ2v) is 12.5. The van der Waals surface area contributed by atoms with Crippen LogP contribution in [-0.2, 0) is 10.2 Å². The quantitative estimate of drug-likeness (QED) is 0.736. The molecule has 3 rings (SSSR count). The first-order chi connectivity index (χ1) is 14.8. The number of piperazine rings is 1. The van der Waals surface area contributed by atoms with Gasteiger partial charge in [0.25, 0.3) is 0 Å². The van der Waals surface area contributed by atoms with E-state index in [9.17, 15) is 9.59 Å². The van der Waals surface area contributed by atoms with Gasteiger partial charge >= 0.3 is 6.03 Å². The molecule has 1 aromatic carbocycles. The van der Waals surface area contributed by atoms with Crippen molar-refractivity contribution in [3.63, 3.8) is 0 Å². The van der Waals surface area contributed by atoms with Gasteiger partial charge in [-0.3, -0.25) is 9.69 Å². The first-order valence-corrected chi connectivity index (χ1v) is 12.7. The highest BCUT2D eigenvalue weighted by Crippen LogP contribution is 2.43. The van der Waals surface area contributed by atoms with Gasteiger partial charge in [0.2, 0.25) is 5.91 Å². The van der Waals surface area contributed by atoms with Crippen LogP contribution >= 0.6 is 11.8 Å². The number of hydrogen-bond acceptors (Lipinski definition) is 4. The van der Waals surface area contributed by atoms with E-state index in [1.165, 1.54) is 11.1 Å². The van der Waals surface area contributed by atoms with Crippen LogP contribution in [0.5, 0.6) is 0 Å². The summed E-state index contributed by atoms with van der Waals surface area (Å²) in [7, 11) is 0. The highest BCUT2D eigenvalue weighted by Gasteiger charge is 2.38. The molecule has 7 heteroatoms. The lowest BCUT2D eigenvalue weighted by molar-refractivity contribution is -0.130. The van der Waals surface area contributed by atoms with Crippen LogP contribution in [0.15, 0.2) is 24.3 Å². The van der Waals surface area contributed by atoms with Gasteiger partial charge in [-0.1, -0.05) is 45.0 Å². The monoisotopic (exact) mass is 460 g/mol. The number of amides is 3. The Morgan fingerprint density at radius 2 is 1.59 bits per heavy atom. The molecule has 0 spiro atoms. The smallest absolute Gasteiger partial charge is 0.317 e. The Balaban J connectivity index is 1.56. The minimum absolute atomic E-state index is 0.0101. The highest BCUT2D eigenvalue weighted by molar-refractivity contribution is 8.01. The summed E-state index contributed by atoms with van der Waals surface area (Å²) in [6, 6.07) is 8.77. The van der Waals surface area contributed by atoms with Gasteiger partial charge in [0.1, 0.15) is 5.37 Å². The molecule has 2 atom stereocenters. The zero-order valence-electron chi connectivity index (χ0n) is 20.8. The van der Waals surface area contributed by atoms with E-state index in [2.05, 4.69) is 55.3 Å². The number of carbonyl (C=O) groups excluding carboxylic acids is 2. The summed E-state index contributed by atoms with van der Waals surface area (Å²) < 4.78 is 0. The molecular weight excluding hydrogens is 420 g/mol. The van der Waals surface area contributed by atoms with Crippen molar-refractivity contribution in [2.24, 2.45) is 0 Å². The van der Waals surface area contributed by atoms with Gasteiger partial charge in [0.05, 0.1) is 5.25 Å². The van der Waals surface area contributed by atoms with Crippen molar-refractivity contribution < 1.29 is 9.59 Å². The maximum absolute atomic E-state index is 12.9. The fourth-order valence-corrected chi connectivity index (χ4v) is 5.44. The molecule has 2 aliphatic rings. The minimum atomic E-state index is -0.223. The van der Waals surface area contributed by atoms with E-state index in [4.69, 9.17) is 0 Å². The number of nitrogens with zero attached hydrogens (tertiary/aromatic N) is 3. The van der Waals surface area contributed by atoms with Crippen molar-refractivity contribution in [2.45, 2.75) is 70.0 Å². The van der Waals surface area contributed by atoms with Gasteiger partial charge in [-0.15, -0.1) is 11.8 Å². The molecule has 2 saturated heterocycles. The lowest BCUT2D eigenvalue weighted by Crippen LogP contribution is -2.55. The number of carbonyl (C=O) groups is 2. The van der Waals surface area contributed by atoms with E-state index < -0.39 is 0 Å². The fourth-order valence-electron chi connectivity index (χ4n) is 4.13. The summed E-state index contributed by atoms with van der Waals surface area (Å²) in [6.45, 7) is 19.3. The maximum Gasteiger partial charge on any atom is 0.317 e. The summed E-state index contributed by atoms with van der Waals surface area (Å²) in [5.41, 5.74) is 2.41. The first kappa shape index (κ1) is 24.9. The largest absolute Gasteiger partial charge is 0.333 e. The van der Waals surface area contributed by atoms with E-state index in [1.54, 1.807) is 11.8 Å². The molecule has 2 aliphatic heterocycles. The molecule has 178 valence electrons. The van der Waals surface area contributed by atoms with Crippen LogP contribution < -0.4 is 5.32 Å². The van der Waals surface area contributed by atoms with Crippen LogP contribution in [0.3, 0.4) is 0 Å². The Labute approximate surface area is 198 Å². The Morgan fingerprint density at radius 3 is 2.12 bits per heavy atom. The molecule has 0 aromatic heterocycles. The third-order valence-corrected chi connectivity index (χ3v) is 7.50. The topological polar surface area (TPSA) is 55.9 Å². The molecule has 2 unspecified atom stereocenters. The summed E-state index contributed by atoms with van der Waals surface area (Å²) in [6.07, 6.45) is 0. The maximum atomic E-state index is 12.9. The molecule has 0 bridgehead atoms. The normalized spacial score (nSPS) is 23.0. The predicted molar refractivity (Wildman–Crippen MR) is 133 cm³/mol. The average Bonchev–Trinajstić information content (AvgIpc) is 2.99. The fraction of sp³-hybridized carbons (Fsp3) is 0.680. The van der Waals surface area contributed by atoms with E-state index in [0.29, 0.717) is 0 Å². The molecule has 0 radical (unpaired) electrons. The van der Waals surface area contributed by atoms with Crippen LogP contribution in [0.25, 0.3) is 0 Å². The van der Waals surface area contributed by atoms with Crippen LogP contribution in [0.1, 0.15) is 65.0 Å². The third-order valence-electron chi connectivity index (χ3n) is 6.11. The van der Waals surface area contributed by atoms with E-state index >= 15 is 0 Å². The van der Waals surface area contributed by atoms with Crippen molar-refractivity contribution in [1.29, 1.82) is 0 Å². The SMILES string of the molecule is CC1SC(c2ccc(C(C)(C)C)cc2)N(CCN2CCN(C(=O)NC(C)(C)C)CC2)C1=O. The second kappa shape index (κ2) is 9.64. The Hall–Kier alpha value is -1.73. The molecule has 0 aliphatic carbocycles. The van der Waals surface area contributed by atoms with Gasteiger partial charge in [0.15, 0.2) is 0 Å². The zero-order chi connectivity index (χ0) is 23.7. The molecule has 2 fully saturated rings. The molecule has 0 saturated carbocycles. The van der Waals surface area contributed by atoms with Crippen molar-refractivity contribution in [3.8, 4) is 0 Å². The van der Waals surface area contributed by atoms with Gasteiger partial charge in [-0.2, -0.15) is 0 Å². The average molecular weight is 461 g/mol. The minimum Gasteiger partial charge on any atom is -0.333 e. The van der Waals surface area contributed by atoms with Crippen LogP contribution in [0.2, 0.25) is 0 Å². The van der Waals surface area contributed by atoms with Gasteiger partial charge < -0.3 is 15.1 Å². The van der Waals surface area contributed by atoms with E-state index in [-0.39, 0.29) is 33.5 Å². The lowest BCUT2D eigenvalue weighted by atomic mass is 9.86. The van der Waals surface area contributed by atoms with Crippen LogP contribution in [0.4, 0.5) is 4.79 Å². The van der Waals surface area contributed by atoms with Crippen molar-refractivity contribution in [1.82, 2.24) is 20.0 Å². The number of thioether (sulfide) groups is 1. The number of benzene rings is 1. The third kappa shape index (κ3) is 6.19. The molecule has 3 amide bonds. The first-order valence-electron chi connectivity index (χ1n) is 11.7. The zero-order valence-corrected chi connectivity index (χ0v) is 21.6. The van der Waals surface area contributed by atoms with Gasteiger partial charge in [-0.25, -0.2) is 4.79 Å². The molecule has 1 N–H and O–H groups in total. The predicted octanol–water partition coefficient (Wildman–Crippen LogP) is 4.07. The standard InChI is InChI=1S/C25H40N4O2S/c1-18-21(30)29(22(32-18)19-8-10-20(11-9-19)24(2,3)4)17-14-27-12-15-28(16-13-27)23(31)26-25(5,6)7/h8-11,18,22H,12-17H2,1-7H3,(H,26,31). The number of nitrogens with one attached hydrogen (secondary N) is 1. The summed E-state index contributed by atoms with van der Waals surface area (Å²) in [5.74, 6) is 0.225. The number of urea groups is 1. The molecule has 32 heavy (non-hydrogen) atoms. The molecule has 1 aromatic rings. The van der Waals surface area contributed by atoms with Crippen molar-refractivity contribution in [2.75, 3.05) is 39.3 Å². The van der Waals surface area contributed by atoms with E-state index in [0.717, 1.165) is 39.3 Å². The highest BCUT2D eigenvalue weighted by atomic mass is 32.2. The summed E-state index contributed by atoms with van der Waals surface area (Å²) >= 11 is 1.74. The lowest BCUT2D eigenvalue weighted by Gasteiger charge is -2.37. The van der Waals surface area contributed by atoms with Crippen molar-refractivity contribution >= 4 is 23.7 Å². The Kier molecular flexibility index (Phi) is 7.50. The van der Waals surface area contributed by atoms with Crippen LogP contribution in [0, 0.1) is 0 Å². The van der Waals surface area contributed by atoms with Gasteiger partial charge in [0, 0.05) is 44.8 Å². The van der Waals surface area contributed by atoms with Crippen LogP contribution in [-0.4, -0.2) is 76.7 Å². The van der Waals surface area contributed by atoms with Crippen molar-refractivity contribution in [3.05, 3.63) is 35.4 Å². The number of rotatable bonds is 4. The second-order valence-electron chi connectivity index (χ2n) is 11.0. The van der Waals surface area contributed by atoms with Gasteiger partial charge in [-0.05, 0) is 44.2 Å². The Bertz CT molecular complexity index is 805. The molecule has 2 heterocycles. The molecule has 6 nitrogen and oxygen atoms in total. The summed E-state index contributed by atoms with van der Waals surface area (Å²) in [4.78, 5) is 31.6.